The van der Waals surface area contributed by atoms with E-state index in [4.69, 9.17) is 0 Å². The summed E-state index contributed by atoms with van der Waals surface area (Å²) < 4.78 is 2.54. The van der Waals surface area contributed by atoms with Crippen molar-refractivity contribution in [1.82, 2.24) is 4.40 Å². The monoisotopic (exact) mass is 911 g/mol. The minimum absolute atomic E-state index is 0.471. The highest BCUT2D eigenvalue weighted by molar-refractivity contribution is 8.32. The van der Waals surface area contributed by atoms with Crippen molar-refractivity contribution in [1.29, 1.82) is 0 Å². The van der Waals surface area contributed by atoms with Crippen LogP contribution in [0.25, 0.3) is 59.6 Å². The molecule has 0 bridgehead atoms. The quantitative estimate of drug-likeness (QED) is 0.135. The van der Waals surface area contributed by atoms with E-state index in [1.54, 1.807) is 0 Å². The minimum Gasteiger partial charge on any atom is -0.310 e. The first-order chi connectivity index (χ1) is 32.1. The predicted molar refractivity (Wildman–Crippen MR) is 301 cm³/mol. The van der Waals surface area contributed by atoms with Crippen molar-refractivity contribution in [2.45, 2.75) is 49.3 Å². The molecule has 0 fully saturated rings. The Kier molecular flexibility index (Phi) is 10.4. The van der Waals surface area contributed by atoms with E-state index < -0.39 is 20.1 Å². The Labute approximate surface area is 399 Å². The number of nitrogens with zero attached hydrogens (tertiary/aromatic N) is 3. The number of hydrogen-bond donors (Lipinski definition) is 0. The fraction of sp³-hybridized carbons (Fsp3) is 0.194. The molecule has 3 nitrogen and oxygen atoms in total. The number of fused-ring (bicyclic) bond motifs is 8. The fourth-order valence-electron chi connectivity index (χ4n) is 10.1. The first-order valence-corrected chi connectivity index (χ1v) is 29.3. The van der Waals surface area contributed by atoms with E-state index in [9.17, 15) is 0 Å². The Bertz CT molecular complexity index is 3390. The van der Waals surface area contributed by atoms with Crippen molar-refractivity contribution in [2.75, 3.05) is 47.3 Å². The molecular weight excluding hydrogens is 851 g/mol. The van der Waals surface area contributed by atoms with Crippen molar-refractivity contribution < 1.29 is 0 Å². The van der Waals surface area contributed by atoms with E-state index in [1.165, 1.54) is 80.6 Å². The summed E-state index contributed by atoms with van der Waals surface area (Å²) in [6.45, 7) is 9.05. The largest absolute Gasteiger partial charge is 0.310 e. The van der Waals surface area contributed by atoms with Crippen LogP contribution in [0.4, 0.5) is 34.1 Å². The molecule has 0 radical (unpaired) electrons. The van der Waals surface area contributed by atoms with Gasteiger partial charge in [-0.1, -0.05) is 82.3 Å². The maximum Gasteiger partial charge on any atom is 0.0620 e. The fourth-order valence-corrected chi connectivity index (χ4v) is 12.0. The Morgan fingerprint density at radius 3 is 1.03 bits per heavy atom. The molecule has 2 heterocycles. The van der Waals surface area contributed by atoms with Gasteiger partial charge < -0.3 is 14.2 Å². The lowest BCUT2D eigenvalue weighted by Crippen LogP contribution is -2.10. The maximum absolute atomic E-state index is 2.54. The molecule has 0 saturated heterocycles. The van der Waals surface area contributed by atoms with Gasteiger partial charge in [-0.3, -0.25) is 0 Å². The molecule has 0 saturated carbocycles. The molecule has 0 N–H and O–H groups in total. The predicted octanol–water partition coefficient (Wildman–Crippen LogP) is 18.4. The van der Waals surface area contributed by atoms with E-state index in [1.807, 2.05) is 0 Å². The Hall–Kier alpha value is -6.40. The van der Waals surface area contributed by atoms with E-state index in [0.717, 1.165) is 34.1 Å². The van der Waals surface area contributed by atoms with Crippen molar-refractivity contribution in [3.8, 4) is 0 Å². The topological polar surface area (TPSA) is 10.9 Å². The van der Waals surface area contributed by atoms with Crippen LogP contribution in [0.1, 0.15) is 50.7 Å². The number of aromatic nitrogens is 1. The molecule has 0 atom stereocenters. The minimum atomic E-state index is -0.848. The molecule has 0 aliphatic heterocycles. The van der Waals surface area contributed by atoms with Crippen LogP contribution in [0.5, 0.6) is 0 Å². The van der Waals surface area contributed by atoms with Crippen LogP contribution in [0.15, 0.2) is 186 Å². The van der Waals surface area contributed by atoms with Crippen molar-refractivity contribution in [3.05, 3.63) is 187 Å². The van der Waals surface area contributed by atoms with Gasteiger partial charge in [-0.05, 0) is 213 Å². The molecule has 0 aliphatic carbocycles. The third-order valence-corrected chi connectivity index (χ3v) is 17.3. The third-order valence-electron chi connectivity index (χ3n) is 14.0. The van der Waals surface area contributed by atoms with Crippen LogP contribution in [0.2, 0.25) is 0 Å². The van der Waals surface area contributed by atoms with Crippen molar-refractivity contribution >= 4 is 114 Å². The first-order valence-electron chi connectivity index (χ1n) is 23.6. The average molecular weight is 912 g/mol. The molecule has 0 aliphatic rings. The number of para-hydroxylation sites is 1. The average Bonchev–Trinajstić information content (AvgIpc) is 3.81. The Balaban J connectivity index is 1.08. The molecule has 0 amide bonds. The molecule has 2 aromatic heterocycles. The van der Waals surface area contributed by atoms with Gasteiger partial charge in [0.15, 0.2) is 0 Å². The Morgan fingerprint density at radius 2 is 0.687 bits per heavy atom. The van der Waals surface area contributed by atoms with Gasteiger partial charge in [0.05, 0.1) is 16.6 Å². The van der Waals surface area contributed by atoms with E-state index in [0.29, 0.717) is 11.8 Å². The lowest BCUT2D eigenvalue weighted by Gasteiger charge is -2.29. The standard InChI is InChI=1S/C62H61N3S2/c1-40(2)42-14-20-48(21-15-42)63(50-26-30-54(31-27-50)66(5,6)7)52-24-18-44-36-58-56-12-11-13-57-59-37-45-19-25-53(35-47(45)39-61(59)65(62(56)57)60(58)38-46(44)34-52)64(49-22-16-43(17-23-49)41(3)4)51-28-32-55(33-29-51)67(8,9)10/h11-41H,1-10H3. The van der Waals surface area contributed by atoms with Crippen LogP contribution in [-0.4, -0.2) is 41.9 Å². The van der Waals surface area contributed by atoms with Crippen molar-refractivity contribution in [2.24, 2.45) is 0 Å². The number of rotatable bonds is 10. The van der Waals surface area contributed by atoms with Crippen LogP contribution in [0, 0.1) is 0 Å². The van der Waals surface area contributed by atoms with Gasteiger partial charge in [0.1, 0.15) is 0 Å². The van der Waals surface area contributed by atoms with E-state index >= 15 is 0 Å². The van der Waals surface area contributed by atoms with Gasteiger partial charge in [0.2, 0.25) is 0 Å². The van der Waals surface area contributed by atoms with Gasteiger partial charge in [-0.15, -0.1) is 0 Å². The summed E-state index contributed by atoms with van der Waals surface area (Å²) in [6, 6.07) is 67.3. The smallest absolute Gasteiger partial charge is 0.0620 e. The summed E-state index contributed by atoms with van der Waals surface area (Å²) in [7, 11) is -1.70. The van der Waals surface area contributed by atoms with Gasteiger partial charge in [-0.2, -0.15) is 0 Å². The number of benzene rings is 9. The molecule has 5 heteroatoms. The number of hydrogen-bond acceptors (Lipinski definition) is 2. The molecule has 9 aromatic carbocycles. The normalized spacial score (nSPS) is 13.1. The second-order valence-corrected chi connectivity index (χ2v) is 29.0. The van der Waals surface area contributed by atoms with Crippen LogP contribution >= 0.6 is 20.1 Å². The third kappa shape index (κ3) is 7.57. The summed E-state index contributed by atoms with van der Waals surface area (Å²) >= 11 is 0. The zero-order valence-corrected chi connectivity index (χ0v) is 42.2. The number of anilines is 6. The molecular formula is C62H61N3S2. The lowest BCUT2D eigenvalue weighted by molar-refractivity contribution is 0.866. The van der Waals surface area contributed by atoms with Crippen LogP contribution in [-0.2, 0) is 0 Å². The summed E-state index contributed by atoms with van der Waals surface area (Å²) in [5.41, 5.74) is 13.4. The first kappa shape index (κ1) is 43.2. The molecule has 11 aromatic rings. The van der Waals surface area contributed by atoms with Gasteiger partial charge in [0, 0.05) is 55.7 Å². The highest BCUT2D eigenvalue weighted by Crippen LogP contribution is 2.49. The summed E-state index contributed by atoms with van der Waals surface area (Å²) in [5, 5.41) is 10.1. The van der Waals surface area contributed by atoms with Crippen molar-refractivity contribution in [3.63, 3.8) is 0 Å². The maximum atomic E-state index is 2.54. The van der Waals surface area contributed by atoms with Gasteiger partial charge in [0.25, 0.3) is 0 Å². The van der Waals surface area contributed by atoms with Gasteiger partial charge >= 0.3 is 0 Å². The molecule has 336 valence electrons. The van der Waals surface area contributed by atoms with E-state index in [2.05, 4.69) is 255 Å². The zero-order chi connectivity index (χ0) is 46.5. The lowest BCUT2D eigenvalue weighted by atomic mass is 10.0. The van der Waals surface area contributed by atoms with Gasteiger partial charge in [-0.25, -0.2) is 20.1 Å². The SMILES string of the molecule is CC(C)c1ccc(N(c2ccc(S(C)(C)C)cc2)c2ccc3cc4c5cccc6c7cc8ccc(N(c9ccc(C(C)C)cc9)c9ccc(S(C)(C)C)cc9)cc8cc7n(c4cc3c2)c56)cc1. The Morgan fingerprint density at radius 1 is 0.343 bits per heavy atom. The summed E-state index contributed by atoms with van der Waals surface area (Å²) in [6.07, 6.45) is 14.2. The van der Waals surface area contributed by atoms with Crippen LogP contribution in [0.3, 0.4) is 0 Å². The molecule has 0 unspecified atom stereocenters. The second-order valence-electron chi connectivity index (χ2n) is 20.7. The van der Waals surface area contributed by atoms with E-state index in [-0.39, 0.29) is 0 Å². The van der Waals surface area contributed by atoms with Crippen LogP contribution < -0.4 is 9.80 Å². The zero-order valence-electron chi connectivity index (χ0n) is 40.6. The highest BCUT2D eigenvalue weighted by Gasteiger charge is 2.22. The molecule has 0 spiro atoms. The second kappa shape index (κ2) is 16.1. The molecule has 67 heavy (non-hydrogen) atoms. The highest BCUT2D eigenvalue weighted by atomic mass is 32.3. The molecule has 11 rings (SSSR count). The summed E-state index contributed by atoms with van der Waals surface area (Å²) in [5.74, 6) is 0.943. The summed E-state index contributed by atoms with van der Waals surface area (Å²) in [4.78, 5) is 7.66.